The minimum absolute atomic E-state index is 0.176. The molecule has 0 saturated heterocycles. The Morgan fingerprint density at radius 2 is 2.56 bits per heavy atom. The van der Waals surface area contributed by atoms with Crippen LogP contribution in [-0.4, -0.2) is 21.3 Å². The van der Waals surface area contributed by atoms with E-state index in [2.05, 4.69) is 4.98 Å². The van der Waals surface area contributed by atoms with E-state index in [0.717, 1.165) is 5.69 Å². The number of aryl methyl sites for hydroxylation is 1. The van der Waals surface area contributed by atoms with Crippen LogP contribution in [0.1, 0.15) is 5.69 Å². The van der Waals surface area contributed by atoms with Gasteiger partial charge in [0.1, 0.15) is 0 Å². The van der Waals surface area contributed by atoms with Crippen molar-refractivity contribution in [2.45, 2.75) is 13.5 Å². The van der Waals surface area contributed by atoms with Crippen LogP contribution in [0.15, 0.2) is 12.5 Å². The number of aliphatic hydroxyl groups excluding tert-OH is 1. The second kappa shape index (κ2) is 2.64. The Hall–Kier alpha value is -0.830. The number of hydrogen-bond donors (Lipinski definition) is 1. The zero-order chi connectivity index (χ0) is 6.69. The van der Waals surface area contributed by atoms with Crippen molar-refractivity contribution in [2.24, 2.45) is 0 Å². The lowest BCUT2D eigenvalue weighted by molar-refractivity contribution is 0.276. The Morgan fingerprint density at radius 3 is 3.00 bits per heavy atom. The molecule has 0 bridgehead atoms. The zero-order valence-electron chi connectivity index (χ0n) is 5.41. The first-order chi connectivity index (χ1) is 4.33. The Kier molecular flexibility index (Phi) is 1.85. The molecule has 1 aromatic rings. The molecule has 0 atom stereocenters. The third-order valence-electron chi connectivity index (χ3n) is 1.12. The van der Waals surface area contributed by atoms with Crippen LogP contribution in [0.5, 0.6) is 0 Å². The fourth-order valence-electron chi connectivity index (χ4n) is 0.710. The predicted octanol–water partition coefficient (Wildman–Crippen LogP) is 0.184. The molecule has 0 aliphatic heterocycles. The maximum absolute atomic E-state index is 8.48. The normalized spacial score (nSPS) is 10.0. The van der Waals surface area contributed by atoms with Gasteiger partial charge in [-0.2, -0.15) is 0 Å². The standard InChI is InChI=1S/C6H10N2O/c1-6-4-8(2-3-9)5-7-6/h4-5,9H,2-3H2,1H3. The second-order valence-corrected chi connectivity index (χ2v) is 1.98. The van der Waals surface area contributed by atoms with Gasteiger partial charge in [0.2, 0.25) is 0 Å². The highest BCUT2D eigenvalue weighted by Crippen LogP contribution is 1.91. The van der Waals surface area contributed by atoms with Gasteiger partial charge < -0.3 is 9.67 Å². The Morgan fingerprint density at radius 1 is 1.78 bits per heavy atom. The summed E-state index contributed by atoms with van der Waals surface area (Å²) < 4.78 is 1.86. The van der Waals surface area contributed by atoms with Crippen molar-refractivity contribution in [3.8, 4) is 0 Å². The quantitative estimate of drug-likeness (QED) is 0.614. The lowest BCUT2D eigenvalue weighted by Crippen LogP contribution is -1.97. The van der Waals surface area contributed by atoms with Crippen LogP contribution in [0.3, 0.4) is 0 Å². The molecule has 0 aromatic carbocycles. The summed E-state index contributed by atoms with van der Waals surface area (Å²) in [5.74, 6) is 0. The minimum atomic E-state index is 0.176. The van der Waals surface area contributed by atoms with E-state index in [9.17, 15) is 0 Å². The van der Waals surface area contributed by atoms with Crippen molar-refractivity contribution < 1.29 is 5.11 Å². The average Bonchev–Trinajstić information content (AvgIpc) is 2.17. The van der Waals surface area contributed by atoms with Gasteiger partial charge >= 0.3 is 0 Å². The topological polar surface area (TPSA) is 38.0 Å². The Labute approximate surface area is 54.0 Å². The molecule has 0 aliphatic rings. The fourth-order valence-corrected chi connectivity index (χ4v) is 0.710. The van der Waals surface area contributed by atoms with Crippen LogP contribution < -0.4 is 0 Å². The van der Waals surface area contributed by atoms with Crippen LogP contribution in [0, 0.1) is 6.92 Å². The summed E-state index contributed by atoms with van der Waals surface area (Å²) in [5.41, 5.74) is 0.989. The van der Waals surface area contributed by atoms with E-state index >= 15 is 0 Å². The second-order valence-electron chi connectivity index (χ2n) is 1.98. The highest BCUT2D eigenvalue weighted by molar-refractivity contribution is 4.91. The zero-order valence-corrected chi connectivity index (χ0v) is 5.41. The van der Waals surface area contributed by atoms with E-state index in [1.54, 1.807) is 6.33 Å². The molecule has 1 N–H and O–H groups in total. The fraction of sp³-hybridized carbons (Fsp3) is 0.500. The van der Waals surface area contributed by atoms with Crippen molar-refractivity contribution in [3.63, 3.8) is 0 Å². The van der Waals surface area contributed by atoms with Crippen LogP contribution in [0.4, 0.5) is 0 Å². The molecule has 0 fully saturated rings. The number of aromatic nitrogens is 2. The largest absolute Gasteiger partial charge is 0.395 e. The maximum atomic E-state index is 8.48. The van der Waals surface area contributed by atoms with Gasteiger partial charge in [-0.25, -0.2) is 4.98 Å². The number of imidazole rings is 1. The van der Waals surface area contributed by atoms with E-state index < -0.39 is 0 Å². The molecule has 0 radical (unpaired) electrons. The molecule has 0 unspecified atom stereocenters. The summed E-state index contributed by atoms with van der Waals surface area (Å²) in [4.78, 5) is 3.99. The summed E-state index contributed by atoms with van der Waals surface area (Å²) >= 11 is 0. The number of aliphatic hydroxyl groups is 1. The van der Waals surface area contributed by atoms with Gasteiger partial charge in [0, 0.05) is 12.7 Å². The van der Waals surface area contributed by atoms with Crippen molar-refractivity contribution in [3.05, 3.63) is 18.2 Å². The summed E-state index contributed by atoms with van der Waals surface area (Å²) in [6.45, 7) is 2.74. The molecule has 9 heavy (non-hydrogen) atoms. The van der Waals surface area contributed by atoms with E-state index in [1.807, 2.05) is 17.7 Å². The summed E-state index contributed by atoms with van der Waals surface area (Å²) in [6.07, 6.45) is 3.61. The van der Waals surface area contributed by atoms with Crippen LogP contribution in [-0.2, 0) is 6.54 Å². The molecule has 0 amide bonds. The first-order valence-electron chi connectivity index (χ1n) is 2.92. The molecule has 1 heterocycles. The summed E-state index contributed by atoms with van der Waals surface area (Å²) in [5, 5.41) is 8.48. The van der Waals surface area contributed by atoms with Crippen LogP contribution >= 0.6 is 0 Å². The predicted molar refractivity (Wildman–Crippen MR) is 34.0 cm³/mol. The smallest absolute Gasteiger partial charge is 0.0950 e. The van der Waals surface area contributed by atoms with Crippen LogP contribution in [0.25, 0.3) is 0 Å². The molecule has 3 heteroatoms. The molecular weight excluding hydrogens is 116 g/mol. The molecule has 50 valence electrons. The summed E-state index contributed by atoms with van der Waals surface area (Å²) in [6, 6.07) is 0. The number of nitrogens with zero attached hydrogens (tertiary/aromatic N) is 2. The first-order valence-corrected chi connectivity index (χ1v) is 2.92. The SMILES string of the molecule is Cc1cn(CCO)cn1. The molecule has 1 aromatic heterocycles. The molecule has 0 aliphatic carbocycles. The van der Waals surface area contributed by atoms with Crippen molar-refractivity contribution in [1.82, 2.24) is 9.55 Å². The van der Waals surface area contributed by atoms with Gasteiger partial charge in [-0.3, -0.25) is 0 Å². The Bertz CT molecular complexity index is 183. The van der Waals surface area contributed by atoms with Crippen LogP contribution in [0.2, 0.25) is 0 Å². The van der Waals surface area contributed by atoms with Gasteiger partial charge in [0.25, 0.3) is 0 Å². The van der Waals surface area contributed by atoms with Gasteiger partial charge in [-0.15, -0.1) is 0 Å². The number of rotatable bonds is 2. The average molecular weight is 126 g/mol. The third kappa shape index (κ3) is 1.54. The summed E-state index contributed by atoms with van der Waals surface area (Å²) in [7, 11) is 0. The van der Waals surface area contributed by atoms with E-state index in [-0.39, 0.29) is 6.61 Å². The van der Waals surface area contributed by atoms with Crippen molar-refractivity contribution in [2.75, 3.05) is 6.61 Å². The van der Waals surface area contributed by atoms with Gasteiger partial charge in [-0.1, -0.05) is 0 Å². The highest BCUT2D eigenvalue weighted by atomic mass is 16.3. The maximum Gasteiger partial charge on any atom is 0.0950 e. The molecule has 0 spiro atoms. The molecule has 1 rings (SSSR count). The van der Waals surface area contributed by atoms with E-state index in [0.29, 0.717) is 6.54 Å². The van der Waals surface area contributed by atoms with Gasteiger partial charge in [0.05, 0.1) is 18.6 Å². The van der Waals surface area contributed by atoms with Crippen molar-refractivity contribution in [1.29, 1.82) is 0 Å². The van der Waals surface area contributed by atoms with Gasteiger partial charge in [-0.05, 0) is 6.92 Å². The molecule has 3 nitrogen and oxygen atoms in total. The monoisotopic (exact) mass is 126 g/mol. The number of hydrogen-bond acceptors (Lipinski definition) is 2. The minimum Gasteiger partial charge on any atom is -0.395 e. The lowest BCUT2D eigenvalue weighted by atomic mass is 10.5. The van der Waals surface area contributed by atoms with Crippen molar-refractivity contribution >= 4 is 0 Å². The highest BCUT2D eigenvalue weighted by Gasteiger charge is 1.89. The first kappa shape index (κ1) is 6.29. The van der Waals surface area contributed by atoms with E-state index in [4.69, 9.17) is 5.11 Å². The lowest BCUT2D eigenvalue weighted by Gasteiger charge is -1.93. The Balaban J connectivity index is 2.61. The third-order valence-corrected chi connectivity index (χ3v) is 1.12. The molecule has 0 saturated carbocycles. The molecular formula is C6H10N2O. The van der Waals surface area contributed by atoms with E-state index in [1.165, 1.54) is 0 Å². The van der Waals surface area contributed by atoms with Gasteiger partial charge in [0.15, 0.2) is 0 Å².